The minimum Gasteiger partial charge on any atom is -0.370 e. The number of nitrogens with zero attached hydrogens (tertiary/aromatic N) is 1. The number of hydrogen-bond donors (Lipinski definition) is 1. The summed E-state index contributed by atoms with van der Waals surface area (Å²) in [5, 5.41) is 3.00. The summed E-state index contributed by atoms with van der Waals surface area (Å²) < 4.78 is 0. The van der Waals surface area contributed by atoms with Crippen LogP contribution in [0.5, 0.6) is 0 Å². The first-order valence-electron chi connectivity index (χ1n) is 6.53. The molecule has 1 aliphatic carbocycles. The van der Waals surface area contributed by atoms with E-state index in [1.54, 1.807) is 0 Å². The van der Waals surface area contributed by atoms with Gasteiger partial charge < -0.3 is 10.2 Å². The molecule has 0 aromatic heterocycles. The van der Waals surface area contributed by atoms with Crippen LogP contribution in [0.15, 0.2) is 24.3 Å². The molecule has 0 atom stereocenters. The van der Waals surface area contributed by atoms with Gasteiger partial charge in [0.1, 0.15) is 0 Å². The number of carbonyl (C=O) groups is 1. The second-order valence-corrected chi connectivity index (χ2v) is 6.02. The molecule has 2 rings (SSSR count). The highest BCUT2D eigenvalue weighted by atomic mass is 16.1. The summed E-state index contributed by atoms with van der Waals surface area (Å²) in [7, 11) is 2.07. The minimum absolute atomic E-state index is 0.0439. The van der Waals surface area contributed by atoms with Gasteiger partial charge in [0.15, 0.2) is 0 Å². The smallest absolute Gasteiger partial charge is 0.251 e. The van der Waals surface area contributed by atoms with Gasteiger partial charge in [-0.25, -0.2) is 0 Å². The van der Waals surface area contributed by atoms with E-state index in [0.29, 0.717) is 6.04 Å². The van der Waals surface area contributed by atoms with Crippen LogP contribution in [0.4, 0.5) is 5.69 Å². The van der Waals surface area contributed by atoms with Crippen LogP contribution in [0.3, 0.4) is 0 Å². The summed E-state index contributed by atoms with van der Waals surface area (Å²) >= 11 is 0. The van der Waals surface area contributed by atoms with Crippen LogP contribution in [-0.2, 0) is 0 Å². The van der Waals surface area contributed by atoms with Crippen LogP contribution in [0, 0.1) is 0 Å². The topological polar surface area (TPSA) is 32.3 Å². The van der Waals surface area contributed by atoms with Crippen molar-refractivity contribution in [1.29, 1.82) is 0 Å². The first-order chi connectivity index (χ1) is 8.38. The first-order valence-corrected chi connectivity index (χ1v) is 6.53. The zero-order valence-electron chi connectivity index (χ0n) is 11.7. The molecule has 1 aliphatic rings. The van der Waals surface area contributed by atoms with Gasteiger partial charge in [0.25, 0.3) is 5.91 Å². The van der Waals surface area contributed by atoms with Gasteiger partial charge in [-0.3, -0.25) is 4.79 Å². The molecule has 1 N–H and O–H groups in total. The zero-order valence-corrected chi connectivity index (χ0v) is 11.7. The molecule has 98 valence electrons. The molecule has 0 spiro atoms. The highest BCUT2D eigenvalue weighted by molar-refractivity contribution is 5.94. The Hall–Kier alpha value is -1.51. The summed E-state index contributed by atoms with van der Waals surface area (Å²) in [5.41, 5.74) is 1.95. The fourth-order valence-corrected chi connectivity index (χ4v) is 1.72. The van der Waals surface area contributed by atoms with Crippen molar-refractivity contribution in [2.45, 2.75) is 45.2 Å². The Morgan fingerprint density at radius 2 is 1.78 bits per heavy atom. The third-order valence-corrected chi connectivity index (χ3v) is 3.44. The number of hydrogen-bond acceptors (Lipinski definition) is 2. The molecule has 0 bridgehead atoms. The monoisotopic (exact) mass is 246 g/mol. The maximum atomic E-state index is 11.8. The maximum Gasteiger partial charge on any atom is 0.251 e. The number of rotatable bonds is 3. The van der Waals surface area contributed by atoms with E-state index in [4.69, 9.17) is 0 Å². The Kier molecular flexibility index (Phi) is 3.33. The lowest BCUT2D eigenvalue weighted by atomic mass is 10.1. The third kappa shape index (κ3) is 3.03. The van der Waals surface area contributed by atoms with Crippen molar-refractivity contribution in [1.82, 2.24) is 5.32 Å². The van der Waals surface area contributed by atoms with E-state index in [1.165, 1.54) is 0 Å². The second kappa shape index (κ2) is 4.63. The van der Waals surface area contributed by atoms with E-state index in [1.807, 2.05) is 24.3 Å². The molecule has 3 nitrogen and oxygen atoms in total. The molecule has 0 unspecified atom stereocenters. The van der Waals surface area contributed by atoms with Crippen molar-refractivity contribution in [3.63, 3.8) is 0 Å². The Labute approximate surface area is 109 Å². The lowest BCUT2D eigenvalue weighted by Crippen LogP contribution is -2.38. The summed E-state index contributed by atoms with van der Waals surface area (Å²) in [6.45, 7) is 6.50. The van der Waals surface area contributed by atoms with E-state index in [-0.39, 0.29) is 11.4 Å². The Bertz CT molecular complexity index is 427. The van der Waals surface area contributed by atoms with E-state index in [2.05, 4.69) is 38.0 Å². The molecule has 1 aromatic carbocycles. The molecule has 1 fully saturated rings. The van der Waals surface area contributed by atoms with E-state index < -0.39 is 0 Å². The van der Waals surface area contributed by atoms with Crippen molar-refractivity contribution in [2.24, 2.45) is 0 Å². The predicted octanol–water partition coefficient (Wildman–Crippen LogP) is 2.81. The number of anilines is 1. The van der Waals surface area contributed by atoms with Crippen molar-refractivity contribution in [3.05, 3.63) is 29.8 Å². The molecular formula is C15H22N2O. The Morgan fingerprint density at radius 3 is 2.22 bits per heavy atom. The van der Waals surface area contributed by atoms with Crippen LogP contribution >= 0.6 is 0 Å². The largest absolute Gasteiger partial charge is 0.370 e. The number of carbonyl (C=O) groups excluding carboxylic acids is 1. The molecule has 0 heterocycles. The van der Waals surface area contributed by atoms with Crippen molar-refractivity contribution in [3.8, 4) is 0 Å². The molecular weight excluding hydrogens is 224 g/mol. The lowest BCUT2D eigenvalue weighted by Gasteiger charge is -2.34. The minimum atomic E-state index is 0.0439. The standard InChI is InChI=1S/C15H22N2O/c1-15(2,3)17(4)13-9-5-11(6-10-13)14(18)16-12-7-8-12/h5-6,9-10,12H,7-8H2,1-4H3,(H,16,18). The molecule has 0 saturated heterocycles. The highest BCUT2D eigenvalue weighted by Crippen LogP contribution is 2.23. The van der Waals surface area contributed by atoms with Gasteiger partial charge in [-0.2, -0.15) is 0 Å². The molecule has 18 heavy (non-hydrogen) atoms. The van der Waals surface area contributed by atoms with E-state index in [0.717, 1.165) is 24.1 Å². The summed E-state index contributed by atoms with van der Waals surface area (Å²) in [6, 6.07) is 8.22. The van der Waals surface area contributed by atoms with Gasteiger partial charge in [-0.15, -0.1) is 0 Å². The lowest BCUT2D eigenvalue weighted by molar-refractivity contribution is 0.0951. The zero-order chi connectivity index (χ0) is 13.3. The van der Waals surface area contributed by atoms with Gasteiger partial charge in [-0.1, -0.05) is 0 Å². The fourth-order valence-electron chi connectivity index (χ4n) is 1.72. The van der Waals surface area contributed by atoms with Gasteiger partial charge in [-0.05, 0) is 57.9 Å². The molecule has 3 heteroatoms. The van der Waals surface area contributed by atoms with Crippen molar-refractivity contribution < 1.29 is 4.79 Å². The van der Waals surface area contributed by atoms with Gasteiger partial charge in [0, 0.05) is 29.9 Å². The average molecular weight is 246 g/mol. The van der Waals surface area contributed by atoms with Crippen molar-refractivity contribution >= 4 is 11.6 Å². The summed E-state index contributed by atoms with van der Waals surface area (Å²) in [6.07, 6.45) is 2.24. The fraction of sp³-hybridized carbons (Fsp3) is 0.533. The Balaban J connectivity index is 2.06. The summed E-state index contributed by atoms with van der Waals surface area (Å²) in [5.74, 6) is 0.0439. The quantitative estimate of drug-likeness (QED) is 0.889. The number of nitrogens with one attached hydrogen (secondary N) is 1. The molecule has 1 saturated carbocycles. The normalized spacial score (nSPS) is 15.3. The van der Waals surface area contributed by atoms with Crippen LogP contribution < -0.4 is 10.2 Å². The molecule has 0 radical (unpaired) electrons. The van der Waals surface area contributed by atoms with Crippen LogP contribution in [-0.4, -0.2) is 24.5 Å². The second-order valence-electron chi connectivity index (χ2n) is 6.02. The van der Waals surface area contributed by atoms with Gasteiger partial charge in [0.2, 0.25) is 0 Å². The Morgan fingerprint density at radius 1 is 1.22 bits per heavy atom. The van der Waals surface area contributed by atoms with E-state index >= 15 is 0 Å². The summed E-state index contributed by atoms with van der Waals surface area (Å²) in [4.78, 5) is 14.1. The van der Waals surface area contributed by atoms with Crippen LogP contribution in [0.2, 0.25) is 0 Å². The predicted molar refractivity (Wildman–Crippen MR) is 75.1 cm³/mol. The van der Waals surface area contributed by atoms with Crippen molar-refractivity contribution in [2.75, 3.05) is 11.9 Å². The first kappa shape index (κ1) is 12.9. The third-order valence-electron chi connectivity index (χ3n) is 3.44. The maximum absolute atomic E-state index is 11.8. The van der Waals surface area contributed by atoms with E-state index in [9.17, 15) is 4.79 Å². The van der Waals surface area contributed by atoms with Crippen LogP contribution in [0.25, 0.3) is 0 Å². The average Bonchev–Trinajstić information content (AvgIpc) is 3.11. The SMILES string of the molecule is CN(c1ccc(C(=O)NC2CC2)cc1)C(C)(C)C. The van der Waals surface area contributed by atoms with Gasteiger partial charge in [0.05, 0.1) is 0 Å². The molecule has 0 aliphatic heterocycles. The molecule has 1 aromatic rings. The number of benzene rings is 1. The highest BCUT2D eigenvalue weighted by Gasteiger charge is 2.24. The van der Waals surface area contributed by atoms with Crippen LogP contribution in [0.1, 0.15) is 44.0 Å². The molecule has 1 amide bonds. The number of amides is 1. The van der Waals surface area contributed by atoms with Gasteiger partial charge >= 0.3 is 0 Å².